The first-order chi connectivity index (χ1) is 11.9. The van der Waals surface area contributed by atoms with Gasteiger partial charge in [0.25, 0.3) is 0 Å². The van der Waals surface area contributed by atoms with Crippen molar-refractivity contribution in [3.05, 3.63) is 0 Å². The third-order valence-corrected chi connectivity index (χ3v) is 4.83. The van der Waals surface area contributed by atoms with Crippen molar-refractivity contribution in [2.75, 3.05) is 60.2 Å². The van der Waals surface area contributed by atoms with Crippen molar-refractivity contribution < 1.29 is 9.47 Å². The van der Waals surface area contributed by atoms with E-state index in [0.717, 1.165) is 43.9 Å². The molecule has 0 saturated carbocycles. The molecule has 6 heteroatoms. The third-order valence-electron chi connectivity index (χ3n) is 4.83. The van der Waals surface area contributed by atoms with Crippen LogP contribution < -0.4 is 10.6 Å². The Morgan fingerprint density at radius 3 is 2.40 bits per heavy atom. The van der Waals surface area contributed by atoms with Gasteiger partial charge in [-0.3, -0.25) is 9.89 Å². The molecule has 1 heterocycles. The van der Waals surface area contributed by atoms with Crippen LogP contribution in [0.25, 0.3) is 0 Å². The molecule has 1 rings (SSSR count). The maximum Gasteiger partial charge on any atom is 0.191 e. The van der Waals surface area contributed by atoms with Crippen LogP contribution in [0.4, 0.5) is 0 Å². The van der Waals surface area contributed by atoms with E-state index >= 15 is 0 Å². The highest BCUT2D eigenvalue weighted by Gasteiger charge is 2.32. The van der Waals surface area contributed by atoms with Crippen molar-refractivity contribution in [3.63, 3.8) is 0 Å². The summed E-state index contributed by atoms with van der Waals surface area (Å²) in [5, 5.41) is 6.85. The van der Waals surface area contributed by atoms with Gasteiger partial charge in [-0.25, -0.2) is 0 Å². The molecule has 2 atom stereocenters. The lowest BCUT2D eigenvalue weighted by Gasteiger charge is -2.45. The van der Waals surface area contributed by atoms with E-state index in [1.54, 1.807) is 7.11 Å². The number of nitrogens with one attached hydrogen (secondary N) is 2. The van der Waals surface area contributed by atoms with E-state index in [2.05, 4.69) is 48.2 Å². The molecular formula is C19H40N4O2. The topological polar surface area (TPSA) is 58.1 Å². The number of guanidine groups is 1. The number of piperidine rings is 1. The van der Waals surface area contributed by atoms with Gasteiger partial charge >= 0.3 is 0 Å². The Labute approximate surface area is 154 Å². The van der Waals surface area contributed by atoms with Gasteiger partial charge in [0.15, 0.2) is 5.96 Å². The number of ether oxygens (including phenoxy) is 2. The summed E-state index contributed by atoms with van der Waals surface area (Å²) in [6.45, 7) is 15.5. The van der Waals surface area contributed by atoms with Gasteiger partial charge in [0, 0.05) is 52.5 Å². The van der Waals surface area contributed by atoms with Crippen LogP contribution in [-0.2, 0) is 9.47 Å². The minimum Gasteiger partial charge on any atom is -0.382 e. The number of hydrogen-bond acceptors (Lipinski definition) is 4. The van der Waals surface area contributed by atoms with Crippen LogP contribution in [0, 0.1) is 11.8 Å². The zero-order chi connectivity index (χ0) is 18.7. The van der Waals surface area contributed by atoms with Crippen LogP contribution in [0.15, 0.2) is 4.99 Å². The summed E-state index contributed by atoms with van der Waals surface area (Å²) < 4.78 is 10.4. The standard InChI is InChI=1S/C19H40N4O2/c1-16-12-17(2)14-23(13-16)19(3,4)15-22-18(20-5)21-8-7-9-25-11-10-24-6/h16-17H,7-15H2,1-6H3,(H2,20,21,22). The van der Waals surface area contributed by atoms with Gasteiger partial charge in [0.1, 0.15) is 0 Å². The zero-order valence-corrected chi connectivity index (χ0v) is 17.2. The highest BCUT2D eigenvalue weighted by atomic mass is 16.5. The van der Waals surface area contributed by atoms with E-state index in [4.69, 9.17) is 9.47 Å². The predicted molar refractivity (Wildman–Crippen MR) is 105 cm³/mol. The Bertz CT molecular complexity index is 378. The molecule has 1 aliphatic heterocycles. The largest absolute Gasteiger partial charge is 0.382 e. The molecular weight excluding hydrogens is 316 g/mol. The number of aliphatic imine (C=N–C) groups is 1. The average molecular weight is 357 g/mol. The Kier molecular flexibility index (Phi) is 10.4. The first kappa shape index (κ1) is 22.2. The maximum atomic E-state index is 5.47. The Morgan fingerprint density at radius 1 is 1.12 bits per heavy atom. The van der Waals surface area contributed by atoms with E-state index < -0.39 is 0 Å². The van der Waals surface area contributed by atoms with E-state index in [9.17, 15) is 0 Å². The Balaban J connectivity index is 2.28. The number of methoxy groups -OCH3 is 1. The number of nitrogens with zero attached hydrogens (tertiary/aromatic N) is 2. The van der Waals surface area contributed by atoms with Gasteiger partial charge in [0.2, 0.25) is 0 Å². The lowest BCUT2D eigenvalue weighted by Crippen LogP contribution is -2.57. The SMILES string of the molecule is CN=C(NCCCOCCOC)NCC(C)(C)N1CC(C)CC(C)C1. The number of likely N-dealkylation sites (tertiary alicyclic amines) is 1. The first-order valence-corrected chi connectivity index (χ1v) is 9.65. The predicted octanol–water partition coefficient (Wildman–Crippen LogP) is 1.96. The Hall–Kier alpha value is -0.850. The van der Waals surface area contributed by atoms with Gasteiger partial charge < -0.3 is 20.1 Å². The average Bonchev–Trinajstić information content (AvgIpc) is 2.56. The summed E-state index contributed by atoms with van der Waals surface area (Å²) in [4.78, 5) is 6.95. The van der Waals surface area contributed by atoms with Crippen molar-refractivity contribution in [2.45, 2.75) is 46.1 Å². The van der Waals surface area contributed by atoms with Gasteiger partial charge in [0.05, 0.1) is 13.2 Å². The molecule has 0 aromatic heterocycles. The molecule has 1 fully saturated rings. The van der Waals surface area contributed by atoms with Gasteiger partial charge in [-0.1, -0.05) is 13.8 Å². The van der Waals surface area contributed by atoms with Crippen molar-refractivity contribution in [1.82, 2.24) is 15.5 Å². The van der Waals surface area contributed by atoms with Crippen molar-refractivity contribution in [1.29, 1.82) is 0 Å². The molecule has 0 radical (unpaired) electrons. The van der Waals surface area contributed by atoms with Gasteiger partial charge in [-0.2, -0.15) is 0 Å². The zero-order valence-electron chi connectivity index (χ0n) is 17.2. The second-order valence-corrected chi connectivity index (χ2v) is 7.97. The molecule has 148 valence electrons. The van der Waals surface area contributed by atoms with Crippen LogP contribution in [0.5, 0.6) is 0 Å². The molecule has 0 aliphatic carbocycles. The molecule has 1 saturated heterocycles. The molecule has 2 N–H and O–H groups in total. The van der Waals surface area contributed by atoms with E-state index in [-0.39, 0.29) is 5.54 Å². The van der Waals surface area contributed by atoms with Crippen LogP contribution in [0.1, 0.15) is 40.5 Å². The smallest absolute Gasteiger partial charge is 0.191 e. The summed E-state index contributed by atoms with van der Waals surface area (Å²) in [5.41, 5.74) is 0.115. The lowest BCUT2D eigenvalue weighted by molar-refractivity contribution is 0.0483. The quantitative estimate of drug-likeness (QED) is 0.356. The fraction of sp³-hybridized carbons (Fsp3) is 0.947. The second-order valence-electron chi connectivity index (χ2n) is 7.97. The summed E-state index contributed by atoms with van der Waals surface area (Å²) >= 11 is 0. The molecule has 1 aliphatic rings. The minimum absolute atomic E-state index is 0.115. The number of hydrogen-bond donors (Lipinski definition) is 2. The van der Waals surface area contributed by atoms with Crippen LogP contribution in [0.3, 0.4) is 0 Å². The fourth-order valence-electron chi connectivity index (χ4n) is 3.41. The van der Waals surface area contributed by atoms with Crippen LogP contribution >= 0.6 is 0 Å². The highest BCUT2D eigenvalue weighted by Crippen LogP contribution is 2.26. The van der Waals surface area contributed by atoms with E-state index in [0.29, 0.717) is 13.2 Å². The minimum atomic E-state index is 0.115. The third kappa shape index (κ3) is 8.88. The molecule has 0 bridgehead atoms. The Morgan fingerprint density at radius 2 is 1.80 bits per heavy atom. The lowest BCUT2D eigenvalue weighted by atomic mass is 9.88. The normalized spacial score (nSPS) is 22.9. The van der Waals surface area contributed by atoms with E-state index in [1.807, 2.05) is 7.05 Å². The maximum absolute atomic E-state index is 5.47. The first-order valence-electron chi connectivity index (χ1n) is 9.65. The summed E-state index contributed by atoms with van der Waals surface area (Å²) in [7, 11) is 3.51. The van der Waals surface area contributed by atoms with Gasteiger partial charge in [-0.15, -0.1) is 0 Å². The monoisotopic (exact) mass is 356 g/mol. The molecule has 6 nitrogen and oxygen atoms in total. The molecule has 0 amide bonds. The second kappa shape index (κ2) is 11.7. The molecule has 0 aromatic rings. The highest BCUT2D eigenvalue weighted by molar-refractivity contribution is 5.79. The fourth-order valence-corrected chi connectivity index (χ4v) is 3.41. The van der Waals surface area contributed by atoms with E-state index in [1.165, 1.54) is 19.5 Å². The van der Waals surface area contributed by atoms with Crippen molar-refractivity contribution >= 4 is 5.96 Å². The molecule has 25 heavy (non-hydrogen) atoms. The summed E-state index contributed by atoms with van der Waals surface area (Å²) in [5.74, 6) is 2.42. The molecule has 2 unspecified atom stereocenters. The van der Waals surface area contributed by atoms with Crippen LogP contribution in [-0.4, -0.2) is 76.6 Å². The van der Waals surface area contributed by atoms with Crippen molar-refractivity contribution in [3.8, 4) is 0 Å². The molecule has 0 aromatic carbocycles. The van der Waals surface area contributed by atoms with Crippen molar-refractivity contribution in [2.24, 2.45) is 16.8 Å². The van der Waals surface area contributed by atoms with Gasteiger partial charge in [-0.05, 0) is 38.5 Å². The summed E-state index contributed by atoms with van der Waals surface area (Å²) in [6, 6.07) is 0. The summed E-state index contributed by atoms with van der Waals surface area (Å²) in [6.07, 6.45) is 2.30. The number of rotatable bonds is 10. The molecule has 0 spiro atoms. The van der Waals surface area contributed by atoms with Crippen LogP contribution in [0.2, 0.25) is 0 Å².